The molecule has 0 heterocycles. The monoisotopic (exact) mass is 291 g/mol. The van der Waals surface area contributed by atoms with Gasteiger partial charge in [0.15, 0.2) is 5.78 Å². The number of halogens is 1. The van der Waals surface area contributed by atoms with E-state index in [2.05, 4.69) is 11.9 Å². The molecule has 0 bridgehead atoms. The summed E-state index contributed by atoms with van der Waals surface area (Å²) in [6, 6.07) is 4.76. The third-order valence-corrected chi connectivity index (χ3v) is 4.51. The van der Waals surface area contributed by atoms with Gasteiger partial charge in [0.2, 0.25) is 0 Å². The fourth-order valence-corrected chi connectivity index (χ4v) is 3.10. The van der Waals surface area contributed by atoms with Crippen LogP contribution in [0.3, 0.4) is 0 Å². The minimum absolute atomic E-state index is 0.0318. The van der Waals surface area contributed by atoms with Gasteiger partial charge in [-0.15, -0.1) is 0 Å². The van der Waals surface area contributed by atoms with Gasteiger partial charge in [-0.05, 0) is 44.4 Å². The molecule has 0 aliphatic heterocycles. The number of rotatable bonds is 6. The van der Waals surface area contributed by atoms with Crippen LogP contribution in [-0.2, 0) is 0 Å². The minimum Gasteiger partial charge on any atom is -0.306 e. The first-order chi connectivity index (χ1) is 10.1. The average Bonchev–Trinajstić information content (AvgIpc) is 2.48. The molecule has 1 saturated carbocycles. The molecule has 0 N–H and O–H groups in total. The van der Waals surface area contributed by atoms with Crippen LogP contribution < -0.4 is 0 Å². The van der Waals surface area contributed by atoms with E-state index in [1.54, 1.807) is 19.1 Å². The molecule has 0 spiro atoms. The van der Waals surface area contributed by atoms with Crippen LogP contribution in [0, 0.1) is 18.7 Å². The Kier molecular flexibility index (Phi) is 5.92. The molecule has 2 nitrogen and oxygen atoms in total. The van der Waals surface area contributed by atoms with E-state index in [4.69, 9.17) is 0 Å². The summed E-state index contributed by atoms with van der Waals surface area (Å²) in [6.07, 6.45) is 7.17. The molecule has 1 aliphatic rings. The first-order valence-electron chi connectivity index (χ1n) is 8.04. The summed E-state index contributed by atoms with van der Waals surface area (Å²) in [5, 5.41) is 0. The number of benzene rings is 1. The highest BCUT2D eigenvalue weighted by molar-refractivity contribution is 5.96. The standard InChI is InChI=1S/C18H26FNO/c1-14-8-9-16(12-17(14)19)18(21)10-11-20(2)13-15-6-4-3-5-7-15/h8-9,12,15H,3-7,10-11,13H2,1-2H3. The zero-order valence-corrected chi connectivity index (χ0v) is 13.2. The normalized spacial score (nSPS) is 16.4. The number of ketones is 1. The summed E-state index contributed by atoms with van der Waals surface area (Å²) in [6.45, 7) is 3.54. The molecule has 1 aromatic rings. The molecule has 1 fully saturated rings. The molecule has 2 rings (SSSR count). The predicted octanol–water partition coefficient (Wildman–Crippen LogP) is 4.22. The summed E-state index contributed by atoms with van der Waals surface area (Å²) in [5.41, 5.74) is 1.07. The van der Waals surface area contributed by atoms with Crippen molar-refractivity contribution in [2.75, 3.05) is 20.1 Å². The molecule has 0 atom stereocenters. The van der Waals surface area contributed by atoms with Gasteiger partial charge in [-0.3, -0.25) is 4.79 Å². The van der Waals surface area contributed by atoms with Crippen LogP contribution in [0.15, 0.2) is 18.2 Å². The van der Waals surface area contributed by atoms with Crippen molar-refractivity contribution in [3.05, 3.63) is 35.1 Å². The lowest BCUT2D eigenvalue weighted by Gasteiger charge is -2.26. The van der Waals surface area contributed by atoms with E-state index in [1.807, 2.05) is 0 Å². The number of Topliss-reactive ketones (excluding diaryl/α,β-unsaturated/α-hetero) is 1. The van der Waals surface area contributed by atoms with Crippen molar-refractivity contribution < 1.29 is 9.18 Å². The van der Waals surface area contributed by atoms with Crippen molar-refractivity contribution in [2.45, 2.75) is 45.4 Å². The van der Waals surface area contributed by atoms with Gasteiger partial charge in [-0.25, -0.2) is 4.39 Å². The second-order valence-corrected chi connectivity index (χ2v) is 6.40. The molecule has 21 heavy (non-hydrogen) atoms. The van der Waals surface area contributed by atoms with Crippen molar-refractivity contribution in [2.24, 2.45) is 5.92 Å². The molecule has 0 aromatic heterocycles. The zero-order chi connectivity index (χ0) is 15.2. The highest BCUT2D eigenvalue weighted by Gasteiger charge is 2.16. The first-order valence-corrected chi connectivity index (χ1v) is 8.04. The molecular formula is C18H26FNO. The average molecular weight is 291 g/mol. The van der Waals surface area contributed by atoms with E-state index in [9.17, 15) is 9.18 Å². The first kappa shape index (κ1) is 16.2. The Morgan fingerprint density at radius 2 is 2.00 bits per heavy atom. The number of carbonyl (C=O) groups excluding carboxylic acids is 1. The maximum atomic E-state index is 13.5. The van der Waals surface area contributed by atoms with Crippen LogP contribution >= 0.6 is 0 Å². The van der Waals surface area contributed by atoms with Gasteiger partial charge in [-0.2, -0.15) is 0 Å². The highest BCUT2D eigenvalue weighted by atomic mass is 19.1. The fourth-order valence-electron chi connectivity index (χ4n) is 3.10. The largest absolute Gasteiger partial charge is 0.306 e. The molecule has 0 unspecified atom stereocenters. The Labute approximate surface area is 127 Å². The predicted molar refractivity (Wildman–Crippen MR) is 84.2 cm³/mol. The number of carbonyl (C=O) groups is 1. The topological polar surface area (TPSA) is 20.3 Å². The molecule has 3 heteroatoms. The number of hydrogen-bond donors (Lipinski definition) is 0. The third-order valence-electron chi connectivity index (χ3n) is 4.51. The van der Waals surface area contributed by atoms with Crippen LogP contribution in [0.5, 0.6) is 0 Å². The summed E-state index contributed by atoms with van der Waals surface area (Å²) >= 11 is 0. The number of hydrogen-bond acceptors (Lipinski definition) is 2. The van der Waals surface area contributed by atoms with Crippen molar-refractivity contribution in [1.82, 2.24) is 4.90 Å². The van der Waals surface area contributed by atoms with E-state index < -0.39 is 0 Å². The van der Waals surface area contributed by atoms with E-state index in [1.165, 1.54) is 38.2 Å². The Morgan fingerprint density at radius 1 is 1.29 bits per heavy atom. The van der Waals surface area contributed by atoms with Crippen molar-refractivity contribution in [3.63, 3.8) is 0 Å². The van der Waals surface area contributed by atoms with Gasteiger partial charge >= 0.3 is 0 Å². The van der Waals surface area contributed by atoms with Crippen LogP contribution in [0.4, 0.5) is 4.39 Å². The van der Waals surface area contributed by atoms with Gasteiger partial charge in [0.1, 0.15) is 5.82 Å². The zero-order valence-electron chi connectivity index (χ0n) is 13.2. The van der Waals surface area contributed by atoms with Crippen LogP contribution in [-0.4, -0.2) is 30.8 Å². The second kappa shape index (κ2) is 7.69. The lowest BCUT2D eigenvalue weighted by Crippen LogP contribution is -2.29. The fraction of sp³-hybridized carbons (Fsp3) is 0.611. The Bertz CT molecular complexity index is 480. The van der Waals surface area contributed by atoms with Crippen molar-refractivity contribution in [1.29, 1.82) is 0 Å². The van der Waals surface area contributed by atoms with E-state index >= 15 is 0 Å². The smallest absolute Gasteiger partial charge is 0.164 e. The number of aryl methyl sites for hydroxylation is 1. The summed E-state index contributed by atoms with van der Waals surface area (Å²) in [4.78, 5) is 14.4. The summed E-state index contributed by atoms with van der Waals surface area (Å²) in [5.74, 6) is 0.525. The van der Waals surface area contributed by atoms with E-state index in [0.29, 0.717) is 17.5 Å². The Morgan fingerprint density at radius 3 is 2.67 bits per heavy atom. The van der Waals surface area contributed by atoms with Gasteiger partial charge in [0.25, 0.3) is 0 Å². The highest BCUT2D eigenvalue weighted by Crippen LogP contribution is 2.24. The second-order valence-electron chi connectivity index (χ2n) is 6.40. The summed E-state index contributed by atoms with van der Waals surface area (Å²) in [7, 11) is 2.08. The molecule has 0 saturated heterocycles. The van der Waals surface area contributed by atoms with E-state index in [-0.39, 0.29) is 11.6 Å². The van der Waals surface area contributed by atoms with Gasteiger partial charge in [0, 0.05) is 25.1 Å². The van der Waals surface area contributed by atoms with Crippen molar-refractivity contribution >= 4 is 5.78 Å². The molecule has 0 amide bonds. The number of nitrogens with zero attached hydrogens (tertiary/aromatic N) is 1. The van der Waals surface area contributed by atoms with Crippen LogP contribution in [0.25, 0.3) is 0 Å². The lowest BCUT2D eigenvalue weighted by molar-refractivity contribution is 0.0963. The maximum absolute atomic E-state index is 13.5. The van der Waals surface area contributed by atoms with Crippen LogP contribution in [0.1, 0.15) is 54.4 Å². The molecule has 1 aliphatic carbocycles. The lowest BCUT2D eigenvalue weighted by atomic mass is 9.89. The maximum Gasteiger partial charge on any atom is 0.164 e. The third kappa shape index (κ3) is 4.92. The molecule has 0 radical (unpaired) electrons. The quantitative estimate of drug-likeness (QED) is 0.731. The molecule has 1 aromatic carbocycles. The SMILES string of the molecule is Cc1ccc(C(=O)CCN(C)CC2CCCCC2)cc1F. The Balaban J connectivity index is 1.78. The summed E-state index contributed by atoms with van der Waals surface area (Å²) < 4.78 is 13.5. The van der Waals surface area contributed by atoms with E-state index in [0.717, 1.165) is 19.0 Å². The van der Waals surface area contributed by atoms with Gasteiger partial charge < -0.3 is 4.90 Å². The Hall–Kier alpha value is -1.22. The van der Waals surface area contributed by atoms with Gasteiger partial charge in [-0.1, -0.05) is 31.4 Å². The minimum atomic E-state index is -0.295. The molecule has 116 valence electrons. The van der Waals surface area contributed by atoms with Crippen molar-refractivity contribution in [3.8, 4) is 0 Å². The molecular weight excluding hydrogens is 265 g/mol. The van der Waals surface area contributed by atoms with Crippen LogP contribution in [0.2, 0.25) is 0 Å². The van der Waals surface area contributed by atoms with Gasteiger partial charge in [0.05, 0.1) is 0 Å².